The van der Waals surface area contributed by atoms with Gasteiger partial charge in [0.15, 0.2) is 0 Å². The fourth-order valence-corrected chi connectivity index (χ4v) is 3.54. The predicted molar refractivity (Wildman–Crippen MR) is 87.4 cm³/mol. The largest absolute Gasteiger partial charge is 0.350 e. The summed E-state index contributed by atoms with van der Waals surface area (Å²) >= 11 is 1.63. The number of thioether (sulfide) groups is 1. The SMILES string of the molecule is Cn1cc(CCC(=O)N2CSC[C@H]2C(=O)NC(C)(C)C)cn1. The zero-order valence-electron chi connectivity index (χ0n) is 13.6. The third-order valence-corrected chi connectivity index (χ3v) is 4.40. The van der Waals surface area contributed by atoms with Crippen LogP contribution < -0.4 is 5.32 Å². The summed E-state index contributed by atoms with van der Waals surface area (Å²) in [5, 5.41) is 7.06. The van der Waals surface area contributed by atoms with Crippen LogP contribution in [0.4, 0.5) is 0 Å². The van der Waals surface area contributed by atoms with Crippen LogP contribution in [0.1, 0.15) is 32.8 Å². The quantitative estimate of drug-likeness (QED) is 0.903. The van der Waals surface area contributed by atoms with E-state index in [0.29, 0.717) is 24.5 Å². The number of hydrogen-bond donors (Lipinski definition) is 1. The first-order valence-electron chi connectivity index (χ1n) is 7.43. The molecule has 1 aliphatic rings. The van der Waals surface area contributed by atoms with Crippen molar-refractivity contribution in [3.8, 4) is 0 Å². The van der Waals surface area contributed by atoms with Gasteiger partial charge < -0.3 is 10.2 Å². The van der Waals surface area contributed by atoms with Crippen LogP contribution in [-0.4, -0.2) is 49.7 Å². The normalized spacial score (nSPS) is 18.5. The first-order valence-corrected chi connectivity index (χ1v) is 8.58. The number of amides is 2. The van der Waals surface area contributed by atoms with Gasteiger partial charge in [0.25, 0.3) is 0 Å². The molecule has 1 aliphatic heterocycles. The Morgan fingerprint density at radius 1 is 1.45 bits per heavy atom. The smallest absolute Gasteiger partial charge is 0.244 e. The maximum atomic E-state index is 12.4. The minimum Gasteiger partial charge on any atom is -0.350 e. The molecule has 0 radical (unpaired) electrons. The van der Waals surface area contributed by atoms with Gasteiger partial charge in [0.1, 0.15) is 6.04 Å². The number of aromatic nitrogens is 2. The summed E-state index contributed by atoms with van der Waals surface area (Å²) in [5.41, 5.74) is 0.757. The highest BCUT2D eigenvalue weighted by molar-refractivity contribution is 7.99. The summed E-state index contributed by atoms with van der Waals surface area (Å²) in [6.07, 6.45) is 4.75. The molecule has 2 heterocycles. The highest BCUT2D eigenvalue weighted by Crippen LogP contribution is 2.23. The van der Waals surface area contributed by atoms with E-state index in [1.807, 2.05) is 34.0 Å². The van der Waals surface area contributed by atoms with Crippen molar-refractivity contribution in [2.75, 3.05) is 11.6 Å². The number of rotatable bonds is 4. The summed E-state index contributed by atoms with van der Waals surface area (Å²) in [7, 11) is 1.86. The molecule has 6 nitrogen and oxygen atoms in total. The van der Waals surface area contributed by atoms with Crippen molar-refractivity contribution in [1.29, 1.82) is 0 Å². The van der Waals surface area contributed by atoms with Crippen molar-refractivity contribution in [2.45, 2.75) is 45.2 Å². The Hall–Kier alpha value is -1.50. The molecule has 0 unspecified atom stereocenters. The average Bonchev–Trinajstić information content (AvgIpc) is 3.02. The van der Waals surface area contributed by atoms with Crippen LogP contribution in [0.25, 0.3) is 0 Å². The number of nitrogens with zero attached hydrogens (tertiary/aromatic N) is 3. The predicted octanol–water partition coefficient (Wildman–Crippen LogP) is 1.17. The van der Waals surface area contributed by atoms with E-state index in [4.69, 9.17) is 0 Å². The van der Waals surface area contributed by atoms with E-state index in [1.165, 1.54) is 0 Å². The van der Waals surface area contributed by atoms with E-state index in [-0.39, 0.29) is 23.4 Å². The highest BCUT2D eigenvalue weighted by Gasteiger charge is 2.35. The summed E-state index contributed by atoms with van der Waals surface area (Å²) in [5.74, 6) is 1.23. The molecular weight excluding hydrogens is 300 g/mol. The average molecular weight is 324 g/mol. The summed E-state index contributed by atoms with van der Waals surface area (Å²) in [6.45, 7) is 5.84. The van der Waals surface area contributed by atoms with Crippen LogP contribution in [0.2, 0.25) is 0 Å². The van der Waals surface area contributed by atoms with Crippen LogP contribution in [0, 0.1) is 0 Å². The minimum atomic E-state index is -0.356. The molecule has 2 amide bonds. The first-order chi connectivity index (χ1) is 10.3. The Morgan fingerprint density at radius 2 is 2.18 bits per heavy atom. The molecule has 0 aliphatic carbocycles. The van der Waals surface area contributed by atoms with Gasteiger partial charge >= 0.3 is 0 Å². The van der Waals surface area contributed by atoms with E-state index in [9.17, 15) is 9.59 Å². The lowest BCUT2D eigenvalue weighted by Gasteiger charge is -2.27. The molecular formula is C15H24N4O2S. The van der Waals surface area contributed by atoms with E-state index in [1.54, 1.807) is 27.5 Å². The molecule has 1 aromatic heterocycles. The van der Waals surface area contributed by atoms with Gasteiger partial charge in [0, 0.05) is 31.0 Å². The second kappa shape index (κ2) is 6.73. The van der Waals surface area contributed by atoms with Gasteiger partial charge in [0.2, 0.25) is 11.8 Å². The molecule has 1 saturated heterocycles. The number of carbonyl (C=O) groups excluding carboxylic acids is 2. The second-order valence-corrected chi connectivity index (χ2v) is 7.64. The third-order valence-electron chi connectivity index (χ3n) is 3.39. The Labute approximate surface area is 135 Å². The van der Waals surface area contributed by atoms with Gasteiger partial charge in [0.05, 0.1) is 12.1 Å². The van der Waals surface area contributed by atoms with Crippen molar-refractivity contribution in [2.24, 2.45) is 7.05 Å². The molecule has 1 aromatic rings. The monoisotopic (exact) mass is 324 g/mol. The lowest BCUT2D eigenvalue weighted by atomic mass is 10.1. The standard InChI is InChI=1S/C15H24N4O2S/c1-15(2,3)17-14(21)12-9-22-10-19(12)13(20)6-5-11-7-16-18(4)8-11/h7-8,12H,5-6,9-10H2,1-4H3,(H,17,21)/t12-/m0/s1. The van der Waals surface area contributed by atoms with Gasteiger partial charge in [-0.3, -0.25) is 14.3 Å². The summed E-state index contributed by atoms with van der Waals surface area (Å²) in [4.78, 5) is 26.4. The van der Waals surface area contributed by atoms with Gasteiger partial charge in [-0.2, -0.15) is 5.10 Å². The minimum absolute atomic E-state index is 0.0305. The van der Waals surface area contributed by atoms with Gasteiger partial charge in [-0.05, 0) is 32.8 Å². The van der Waals surface area contributed by atoms with Crippen LogP contribution in [-0.2, 0) is 23.1 Å². The van der Waals surface area contributed by atoms with Crippen molar-refractivity contribution >= 4 is 23.6 Å². The van der Waals surface area contributed by atoms with Crippen molar-refractivity contribution in [3.05, 3.63) is 18.0 Å². The molecule has 122 valence electrons. The van der Waals surface area contributed by atoms with Gasteiger partial charge in [-0.15, -0.1) is 11.8 Å². The Kier molecular flexibility index (Phi) is 5.16. The number of nitrogens with one attached hydrogen (secondary N) is 1. The maximum absolute atomic E-state index is 12.4. The Balaban J connectivity index is 1.91. The molecule has 1 atom stereocenters. The molecule has 22 heavy (non-hydrogen) atoms. The van der Waals surface area contributed by atoms with Crippen molar-refractivity contribution < 1.29 is 9.59 Å². The molecule has 7 heteroatoms. The van der Waals surface area contributed by atoms with E-state index in [2.05, 4.69) is 10.4 Å². The van der Waals surface area contributed by atoms with E-state index >= 15 is 0 Å². The molecule has 0 spiro atoms. The van der Waals surface area contributed by atoms with Crippen molar-refractivity contribution in [3.63, 3.8) is 0 Å². The molecule has 0 saturated carbocycles. The fraction of sp³-hybridized carbons (Fsp3) is 0.667. The van der Waals surface area contributed by atoms with Crippen LogP contribution in [0.3, 0.4) is 0 Å². The van der Waals surface area contributed by atoms with Gasteiger partial charge in [-0.25, -0.2) is 0 Å². The van der Waals surface area contributed by atoms with E-state index < -0.39 is 0 Å². The summed E-state index contributed by atoms with van der Waals surface area (Å²) < 4.78 is 1.73. The van der Waals surface area contributed by atoms with Crippen LogP contribution >= 0.6 is 11.8 Å². The highest BCUT2D eigenvalue weighted by atomic mass is 32.2. The number of carbonyl (C=O) groups is 2. The zero-order chi connectivity index (χ0) is 16.3. The Morgan fingerprint density at radius 3 is 2.77 bits per heavy atom. The maximum Gasteiger partial charge on any atom is 0.244 e. The molecule has 2 rings (SSSR count). The van der Waals surface area contributed by atoms with E-state index in [0.717, 1.165) is 5.56 Å². The first kappa shape index (κ1) is 16.9. The molecule has 0 bridgehead atoms. The lowest BCUT2D eigenvalue weighted by molar-refractivity contribution is -0.138. The van der Waals surface area contributed by atoms with Crippen LogP contribution in [0.5, 0.6) is 0 Å². The Bertz CT molecular complexity index is 550. The zero-order valence-corrected chi connectivity index (χ0v) is 14.4. The van der Waals surface area contributed by atoms with Crippen molar-refractivity contribution in [1.82, 2.24) is 20.0 Å². The number of aryl methyl sites for hydroxylation is 2. The second-order valence-electron chi connectivity index (χ2n) is 6.64. The number of hydrogen-bond acceptors (Lipinski definition) is 4. The van der Waals surface area contributed by atoms with Gasteiger partial charge in [-0.1, -0.05) is 0 Å². The molecule has 1 N–H and O–H groups in total. The molecule has 0 aromatic carbocycles. The van der Waals surface area contributed by atoms with Crippen LogP contribution in [0.15, 0.2) is 12.4 Å². The topological polar surface area (TPSA) is 67.2 Å². The molecule has 1 fully saturated rings. The summed E-state index contributed by atoms with van der Waals surface area (Å²) in [6, 6.07) is -0.356. The fourth-order valence-electron chi connectivity index (χ4n) is 2.35. The third kappa shape index (κ3) is 4.50. The lowest BCUT2D eigenvalue weighted by Crippen LogP contribution is -2.52.